The van der Waals surface area contributed by atoms with Gasteiger partial charge in [0.05, 0.1) is 0 Å². The van der Waals surface area contributed by atoms with Crippen molar-refractivity contribution >= 4 is 3.21 Å². The summed E-state index contributed by atoms with van der Waals surface area (Å²) in [5, 5.41) is 0. The van der Waals surface area contributed by atoms with Crippen LogP contribution in [0.25, 0.3) is 11.1 Å². The van der Waals surface area contributed by atoms with E-state index in [1.165, 1.54) is 36.6 Å². The summed E-state index contributed by atoms with van der Waals surface area (Å²) in [6.45, 7) is 13.1. The van der Waals surface area contributed by atoms with Gasteiger partial charge >= 0.3 is 41.3 Å². The van der Waals surface area contributed by atoms with Gasteiger partial charge in [0.2, 0.25) is 0 Å². The van der Waals surface area contributed by atoms with Gasteiger partial charge in [0.1, 0.15) is 0 Å². The Bertz CT molecular complexity index is 823. The van der Waals surface area contributed by atoms with Gasteiger partial charge < -0.3 is 24.8 Å². The number of hydrogen-bond donors (Lipinski definition) is 0. The van der Waals surface area contributed by atoms with Crippen LogP contribution >= 0.6 is 0 Å². The first-order valence-corrected chi connectivity index (χ1v) is 10.8. The van der Waals surface area contributed by atoms with Gasteiger partial charge in [-0.1, -0.05) is 56.2 Å². The molecule has 3 heteroatoms. The number of fused-ring (bicyclic) bond motifs is 3. The van der Waals surface area contributed by atoms with Crippen LogP contribution in [-0.4, -0.2) is 3.21 Å². The predicted molar refractivity (Wildman–Crippen MR) is 114 cm³/mol. The third-order valence-corrected chi connectivity index (χ3v) is 4.45. The van der Waals surface area contributed by atoms with Gasteiger partial charge in [0.25, 0.3) is 0 Å². The quantitative estimate of drug-likeness (QED) is 0.400. The number of benzene rings is 2. The standard InChI is InChI=1S/C13H9.C10H15.C3H6.2ClH.Zr/c1-3-7-12-10(5-1)9-11-6-2-4-8-13(11)12;1-8-6-5-7-9(8)10(2,3)4;1-3-2;;;/h1-5,7-8H,9H2;6H,5H2,1-4H3;1-2H3;2*1H;/q2*-1;;;;+2/p-2. The fourth-order valence-corrected chi connectivity index (χ4v) is 3.40. The van der Waals surface area contributed by atoms with E-state index in [0.717, 1.165) is 12.8 Å². The van der Waals surface area contributed by atoms with Crippen LogP contribution in [0.2, 0.25) is 0 Å². The van der Waals surface area contributed by atoms with E-state index in [-0.39, 0.29) is 30.2 Å². The minimum Gasteiger partial charge on any atom is -1.00 e. The molecule has 0 heterocycles. The van der Waals surface area contributed by atoms with E-state index in [0.29, 0.717) is 0 Å². The summed E-state index contributed by atoms with van der Waals surface area (Å²) in [5.74, 6) is 0. The molecule has 0 aromatic heterocycles. The first-order valence-electron chi connectivity index (χ1n) is 9.58. The van der Waals surface area contributed by atoms with Crippen molar-refractivity contribution in [1.82, 2.24) is 0 Å². The number of rotatable bonds is 0. The molecule has 0 amide bonds. The molecular formula is C26H30Cl2Zr-2. The van der Waals surface area contributed by atoms with Gasteiger partial charge in [-0.25, -0.2) is 11.1 Å². The molecule has 0 bridgehead atoms. The minimum absolute atomic E-state index is 0. The van der Waals surface area contributed by atoms with Crippen molar-refractivity contribution in [3.8, 4) is 11.1 Å². The Kier molecular flexibility index (Phi) is 12.5. The van der Waals surface area contributed by atoms with Crippen molar-refractivity contribution in [2.24, 2.45) is 5.41 Å². The second kappa shape index (κ2) is 12.8. The fourth-order valence-electron chi connectivity index (χ4n) is 3.40. The van der Waals surface area contributed by atoms with Crippen molar-refractivity contribution in [2.45, 2.75) is 54.4 Å². The predicted octanol–water partition coefficient (Wildman–Crippen LogP) is 0.923. The third-order valence-electron chi connectivity index (χ3n) is 4.45. The molecule has 0 unspecified atom stereocenters. The fraction of sp³-hybridized carbons (Fsp3) is 0.346. The van der Waals surface area contributed by atoms with Crippen LogP contribution in [0, 0.1) is 17.6 Å². The van der Waals surface area contributed by atoms with Crippen molar-refractivity contribution < 1.29 is 49.0 Å². The largest absolute Gasteiger partial charge is 1.00 e. The molecular weight excluding hydrogens is 474 g/mol. The Morgan fingerprint density at radius 3 is 2.07 bits per heavy atom. The maximum absolute atomic E-state index is 3.37. The normalized spacial score (nSPS) is 13.0. The average Bonchev–Trinajstić information content (AvgIpc) is 3.18. The van der Waals surface area contributed by atoms with Crippen LogP contribution in [0.3, 0.4) is 0 Å². The van der Waals surface area contributed by atoms with E-state index in [9.17, 15) is 0 Å². The summed E-state index contributed by atoms with van der Waals surface area (Å²) in [4.78, 5) is 0. The zero-order valence-electron chi connectivity index (χ0n) is 18.3. The molecule has 0 radical (unpaired) electrons. The summed E-state index contributed by atoms with van der Waals surface area (Å²) in [6.07, 6.45) is 7.67. The summed E-state index contributed by atoms with van der Waals surface area (Å²) in [7, 11) is 0. The first kappa shape index (κ1) is 28.3. The maximum Gasteiger partial charge on any atom is -0.0253 e. The maximum atomic E-state index is 3.37. The van der Waals surface area contributed by atoms with E-state index >= 15 is 0 Å². The van der Waals surface area contributed by atoms with Crippen LogP contribution in [0.1, 0.15) is 59.1 Å². The van der Waals surface area contributed by atoms with E-state index in [1.807, 2.05) is 6.07 Å². The van der Waals surface area contributed by atoms with E-state index in [1.54, 1.807) is 24.2 Å². The molecule has 0 saturated heterocycles. The van der Waals surface area contributed by atoms with Crippen LogP contribution in [0.15, 0.2) is 59.7 Å². The number of hydrogen-bond acceptors (Lipinski definition) is 0. The Balaban J connectivity index is 0.000000443. The third kappa shape index (κ3) is 8.49. The second-order valence-corrected chi connectivity index (χ2v) is 10.7. The Morgan fingerprint density at radius 2 is 1.55 bits per heavy atom. The van der Waals surface area contributed by atoms with Gasteiger partial charge in [-0.05, 0) is 11.8 Å². The summed E-state index contributed by atoms with van der Waals surface area (Å²) >= 11 is 1.55. The zero-order chi connectivity index (χ0) is 20.0. The monoisotopic (exact) mass is 502 g/mol. The number of halogens is 2. The molecule has 2 aliphatic rings. The van der Waals surface area contributed by atoms with E-state index < -0.39 is 0 Å². The molecule has 154 valence electrons. The molecule has 2 aromatic carbocycles. The average molecular weight is 505 g/mol. The Morgan fingerprint density at radius 1 is 0.966 bits per heavy atom. The molecule has 0 N–H and O–H groups in total. The SMILES string of the molecule is CC1=CC[C-]=C1C(C)(C)C.C[C](C)=[Zr+2].[Cl-].[Cl-].[c-]1cccc2c1Cc1ccccc1-2. The smallest absolute Gasteiger partial charge is 0.0253 e. The molecule has 4 rings (SSSR count). The van der Waals surface area contributed by atoms with Crippen LogP contribution in [-0.2, 0) is 30.7 Å². The van der Waals surface area contributed by atoms with Gasteiger partial charge in [-0.3, -0.25) is 6.08 Å². The van der Waals surface area contributed by atoms with Crippen molar-refractivity contribution in [1.29, 1.82) is 0 Å². The van der Waals surface area contributed by atoms with E-state index in [2.05, 4.69) is 96.2 Å². The molecule has 0 atom stereocenters. The van der Waals surface area contributed by atoms with E-state index in [4.69, 9.17) is 0 Å². The first-order chi connectivity index (χ1) is 12.7. The summed E-state index contributed by atoms with van der Waals surface area (Å²) in [6, 6.07) is 18.1. The molecule has 29 heavy (non-hydrogen) atoms. The molecule has 0 spiro atoms. The molecule has 0 fully saturated rings. The summed E-state index contributed by atoms with van der Waals surface area (Å²) < 4.78 is 1.51. The van der Waals surface area contributed by atoms with Crippen molar-refractivity contribution in [3.63, 3.8) is 0 Å². The van der Waals surface area contributed by atoms with Gasteiger partial charge in [0.15, 0.2) is 0 Å². The van der Waals surface area contributed by atoms with Crippen LogP contribution < -0.4 is 24.8 Å². The second-order valence-electron chi connectivity index (χ2n) is 8.29. The molecule has 2 aromatic rings. The molecule has 0 aliphatic heterocycles. The Hall–Kier alpha value is -0.747. The van der Waals surface area contributed by atoms with Gasteiger partial charge in [-0.2, -0.15) is 35.9 Å². The Labute approximate surface area is 205 Å². The van der Waals surface area contributed by atoms with Crippen LogP contribution in [0.4, 0.5) is 0 Å². The van der Waals surface area contributed by atoms with Crippen molar-refractivity contribution in [3.05, 3.63) is 83.0 Å². The van der Waals surface area contributed by atoms with Gasteiger partial charge in [0, 0.05) is 0 Å². The zero-order valence-corrected chi connectivity index (χ0v) is 22.3. The topological polar surface area (TPSA) is 0 Å². The molecule has 2 aliphatic carbocycles. The summed E-state index contributed by atoms with van der Waals surface area (Å²) in [5.41, 5.74) is 8.60. The molecule has 0 nitrogen and oxygen atoms in total. The minimum atomic E-state index is 0. The van der Waals surface area contributed by atoms with Gasteiger partial charge in [-0.15, -0.1) is 18.9 Å². The molecule has 0 saturated carbocycles. The van der Waals surface area contributed by atoms with Crippen molar-refractivity contribution in [2.75, 3.05) is 0 Å². The van der Waals surface area contributed by atoms with Crippen LogP contribution in [0.5, 0.6) is 0 Å². The number of allylic oxidation sites excluding steroid dienone is 4.